The molecule has 0 bridgehead atoms. The van der Waals surface area contributed by atoms with E-state index < -0.39 is 0 Å². The quantitative estimate of drug-likeness (QED) is 0.430. The number of anilines is 1. The van der Waals surface area contributed by atoms with Gasteiger partial charge in [-0.15, -0.1) is 6.58 Å². The first-order chi connectivity index (χ1) is 13.0. The monoisotopic (exact) mass is 432 g/mol. The minimum atomic E-state index is -0.232. The molecular formula is C21H25BrN2O3. The molecule has 0 aromatic heterocycles. The van der Waals surface area contributed by atoms with Crippen molar-refractivity contribution in [1.29, 1.82) is 0 Å². The van der Waals surface area contributed by atoms with Crippen LogP contribution in [0.25, 0.3) is 0 Å². The van der Waals surface area contributed by atoms with Crippen molar-refractivity contribution in [3.63, 3.8) is 0 Å². The van der Waals surface area contributed by atoms with Gasteiger partial charge in [0.1, 0.15) is 0 Å². The van der Waals surface area contributed by atoms with Gasteiger partial charge in [0.25, 0.3) is 5.91 Å². The van der Waals surface area contributed by atoms with Crippen molar-refractivity contribution in [3.05, 3.63) is 64.7 Å². The molecule has 0 saturated heterocycles. The summed E-state index contributed by atoms with van der Waals surface area (Å²) in [6.07, 6.45) is 1.81. The Kier molecular flexibility index (Phi) is 8.36. The van der Waals surface area contributed by atoms with E-state index in [0.717, 1.165) is 27.8 Å². The zero-order valence-electron chi connectivity index (χ0n) is 15.7. The maximum Gasteiger partial charge on any atom is 0.262 e. The summed E-state index contributed by atoms with van der Waals surface area (Å²) in [6, 6.07) is 11.5. The Labute approximate surface area is 168 Å². The topological polar surface area (TPSA) is 59.6 Å². The van der Waals surface area contributed by atoms with Gasteiger partial charge in [-0.25, -0.2) is 0 Å². The molecule has 144 valence electrons. The van der Waals surface area contributed by atoms with Gasteiger partial charge in [-0.2, -0.15) is 0 Å². The normalized spacial score (nSPS) is 10.3. The van der Waals surface area contributed by atoms with E-state index in [1.54, 1.807) is 0 Å². The van der Waals surface area contributed by atoms with E-state index in [1.807, 2.05) is 56.3 Å². The first-order valence-corrected chi connectivity index (χ1v) is 9.59. The molecule has 2 rings (SSSR count). The van der Waals surface area contributed by atoms with Crippen LogP contribution in [-0.2, 0) is 11.3 Å². The summed E-state index contributed by atoms with van der Waals surface area (Å²) in [5, 5.41) is 6.07. The Morgan fingerprint density at radius 2 is 1.96 bits per heavy atom. The van der Waals surface area contributed by atoms with Crippen LogP contribution in [0.5, 0.6) is 11.5 Å². The summed E-state index contributed by atoms with van der Waals surface area (Å²) in [5.41, 5.74) is 2.92. The van der Waals surface area contributed by atoms with Crippen molar-refractivity contribution in [1.82, 2.24) is 5.32 Å². The fourth-order valence-electron chi connectivity index (χ4n) is 2.42. The van der Waals surface area contributed by atoms with Crippen LogP contribution in [0.4, 0.5) is 5.69 Å². The number of benzene rings is 2. The van der Waals surface area contributed by atoms with E-state index in [1.165, 1.54) is 0 Å². The summed E-state index contributed by atoms with van der Waals surface area (Å²) in [4.78, 5) is 12.2. The van der Waals surface area contributed by atoms with Crippen LogP contribution in [0.1, 0.15) is 18.1 Å². The molecule has 0 radical (unpaired) electrons. The van der Waals surface area contributed by atoms with Gasteiger partial charge in [-0.05, 0) is 59.6 Å². The van der Waals surface area contributed by atoms with Gasteiger partial charge in [0.05, 0.1) is 11.1 Å². The third-order valence-corrected chi connectivity index (χ3v) is 4.26. The van der Waals surface area contributed by atoms with Gasteiger partial charge in [0.2, 0.25) is 0 Å². The molecule has 5 nitrogen and oxygen atoms in total. The first kappa shape index (κ1) is 21.0. The Balaban J connectivity index is 2.03. The highest BCUT2D eigenvalue weighted by Gasteiger charge is 2.14. The van der Waals surface area contributed by atoms with Crippen LogP contribution in [0.3, 0.4) is 0 Å². The third-order valence-electron chi connectivity index (χ3n) is 3.67. The summed E-state index contributed by atoms with van der Waals surface area (Å²) < 4.78 is 12.2. The molecule has 2 aromatic carbocycles. The molecule has 0 saturated carbocycles. The molecule has 6 heteroatoms. The Bertz CT molecular complexity index is 776. The van der Waals surface area contributed by atoms with Crippen LogP contribution < -0.4 is 20.1 Å². The first-order valence-electron chi connectivity index (χ1n) is 8.79. The Hall–Kier alpha value is -2.31. The fourth-order valence-corrected chi connectivity index (χ4v) is 3.02. The predicted molar refractivity (Wildman–Crippen MR) is 113 cm³/mol. The van der Waals surface area contributed by atoms with E-state index in [9.17, 15) is 4.79 Å². The molecule has 1 amide bonds. The van der Waals surface area contributed by atoms with Gasteiger partial charge in [0.15, 0.2) is 18.1 Å². The van der Waals surface area contributed by atoms with Crippen LogP contribution in [0, 0.1) is 6.92 Å². The molecule has 0 fully saturated rings. The SMILES string of the molecule is C=CCNCc1cc(Br)c(OCC(=O)Nc2ccc(C)cc2)c(OCC)c1. The number of rotatable bonds is 10. The number of hydrogen-bond donors (Lipinski definition) is 2. The Morgan fingerprint density at radius 3 is 2.63 bits per heavy atom. The molecule has 0 atom stereocenters. The van der Waals surface area contributed by atoms with E-state index in [4.69, 9.17) is 9.47 Å². The number of nitrogens with one attached hydrogen (secondary N) is 2. The Morgan fingerprint density at radius 1 is 1.22 bits per heavy atom. The highest BCUT2D eigenvalue weighted by atomic mass is 79.9. The molecule has 0 unspecified atom stereocenters. The lowest BCUT2D eigenvalue weighted by Gasteiger charge is -2.15. The van der Waals surface area contributed by atoms with Gasteiger partial charge in [-0.3, -0.25) is 4.79 Å². The maximum absolute atomic E-state index is 12.2. The summed E-state index contributed by atoms with van der Waals surface area (Å²) >= 11 is 3.52. The van der Waals surface area contributed by atoms with Crippen LogP contribution in [0.2, 0.25) is 0 Å². The van der Waals surface area contributed by atoms with Crippen LogP contribution in [0.15, 0.2) is 53.5 Å². The van der Waals surface area contributed by atoms with E-state index >= 15 is 0 Å². The minimum Gasteiger partial charge on any atom is -0.490 e. The van der Waals surface area contributed by atoms with Crippen LogP contribution >= 0.6 is 15.9 Å². The number of carbonyl (C=O) groups is 1. The summed E-state index contributed by atoms with van der Waals surface area (Å²) in [6.45, 7) is 9.39. The average molecular weight is 433 g/mol. The molecular weight excluding hydrogens is 408 g/mol. The minimum absolute atomic E-state index is 0.111. The average Bonchev–Trinajstić information content (AvgIpc) is 2.63. The molecule has 0 spiro atoms. The number of hydrogen-bond acceptors (Lipinski definition) is 4. The van der Waals surface area contributed by atoms with Gasteiger partial charge in [0, 0.05) is 18.8 Å². The van der Waals surface area contributed by atoms with Crippen molar-refractivity contribution >= 4 is 27.5 Å². The smallest absolute Gasteiger partial charge is 0.262 e. The van der Waals surface area contributed by atoms with Gasteiger partial charge in [-0.1, -0.05) is 23.8 Å². The lowest BCUT2D eigenvalue weighted by atomic mass is 10.2. The van der Waals surface area contributed by atoms with E-state index in [-0.39, 0.29) is 12.5 Å². The molecule has 2 aromatic rings. The second-order valence-corrected chi connectivity index (χ2v) is 6.81. The van der Waals surface area contributed by atoms with E-state index in [0.29, 0.717) is 24.7 Å². The summed E-state index contributed by atoms with van der Waals surface area (Å²) in [5.74, 6) is 0.888. The fraction of sp³-hybridized carbons (Fsp3) is 0.286. The number of aryl methyl sites for hydroxylation is 1. The molecule has 0 aliphatic rings. The van der Waals surface area contributed by atoms with Crippen molar-refractivity contribution < 1.29 is 14.3 Å². The van der Waals surface area contributed by atoms with Crippen LogP contribution in [-0.4, -0.2) is 25.7 Å². The molecule has 0 heterocycles. The summed E-state index contributed by atoms with van der Waals surface area (Å²) in [7, 11) is 0. The number of carbonyl (C=O) groups excluding carboxylic acids is 1. The lowest BCUT2D eigenvalue weighted by molar-refractivity contribution is -0.118. The molecule has 0 aliphatic carbocycles. The highest BCUT2D eigenvalue weighted by Crippen LogP contribution is 2.37. The van der Waals surface area contributed by atoms with Gasteiger partial charge >= 0.3 is 0 Å². The largest absolute Gasteiger partial charge is 0.490 e. The predicted octanol–water partition coefficient (Wildman–Crippen LogP) is 4.45. The highest BCUT2D eigenvalue weighted by molar-refractivity contribution is 9.10. The second kappa shape index (κ2) is 10.7. The second-order valence-electron chi connectivity index (χ2n) is 5.96. The standard InChI is InChI=1S/C21H25BrN2O3/c1-4-10-23-13-16-11-18(22)21(19(12-16)26-5-2)27-14-20(25)24-17-8-6-15(3)7-9-17/h4,6-9,11-12,23H,1,5,10,13-14H2,2-3H3,(H,24,25). The number of ether oxygens (including phenoxy) is 2. The van der Waals surface area contributed by atoms with Crippen molar-refractivity contribution in [2.45, 2.75) is 20.4 Å². The van der Waals surface area contributed by atoms with Gasteiger partial charge < -0.3 is 20.1 Å². The third kappa shape index (κ3) is 6.73. The maximum atomic E-state index is 12.2. The zero-order valence-corrected chi connectivity index (χ0v) is 17.3. The van der Waals surface area contributed by atoms with Crippen molar-refractivity contribution in [2.75, 3.05) is 25.1 Å². The molecule has 2 N–H and O–H groups in total. The lowest BCUT2D eigenvalue weighted by Crippen LogP contribution is -2.20. The van der Waals surface area contributed by atoms with Crippen molar-refractivity contribution in [2.24, 2.45) is 0 Å². The number of halogens is 1. The van der Waals surface area contributed by atoms with Crippen molar-refractivity contribution in [3.8, 4) is 11.5 Å². The zero-order chi connectivity index (χ0) is 19.6. The molecule has 27 heavy (non-hydrogen) atoms. The molecule has 0 aliphatic heterocycles. The number of amides is 1. The van der Waals surface area contributed by atoms with E-state index in [2.05, 4.69) is 33.1 Å².